The monoisotopic (exact) mass is 426 g/mol. The van der Waals surface area contributed by atoms with E-state index in [9.17, 15) is 22.8 Å². The summed E-state index contributed by atoms with van der Waals surface area (Å²) < 4.78 is 40.8. The largest absolute Gasteiger partial charge is 0.419 e. The minimum absolute atomic E-state index is 0.110. The van der Waals surface area contributed by atoms with Crippen LogP contribution in [0.25, 0.3) is 5.65 Å². The molecule has 3 fully saturated rings. The topological polar surface area (TPSA) is 57.9 Å². The third kappa shape index (κ3) is 3.06. The van der Waals surface area contributed by atoms with Gasteiger partial charge in [-0.25, -0.2) is 4.98 Å². The van der Waals surface area contributed by atoms with E-state index in [1.54, 1.807) is 0 Å². The number of rotatable bonds is 2. The molecule has 0 spiro atoms. The highest BCUT2D eigenvalue weighted by Gasteiger charge is 2.49. The van der Waals surface area contributed by atoms with E-state index in [1.807, 2.05) is 4.90 Å². The number of hydrogen-bond acceptors (Lipinski definition) is 3. The lowest BCUT2D eigenvalue weighted by molar-refractivity contribution is -0.138. The molecule has 2 amide bonds. The van der Waals surface area contributed by atoms with Gasteiger partial charge in [0.15, 0.2) is 11.3 Å². The smallest absolute Gasteiger partial charge is 0.336 e. The second-order valence-corrected chi connectivity index (χ2v) is 8.42. The van der Waals surface area contributed by atoms with Crippen molar-refractivity contribution >= 4 is 29.1 Å². The van der Waals surface area contributed by atoms with Crippen molar-refractivity contribution in [3.05, 3.63) is 34.7 Å². The Bertz CT molecular complexity index is 1010. The fraction of sp³-hybridized carbons (Fsp3) is 0.526. The average molecular weight is 427 g/mol. The van der Waals surface area contributed by atoms with Crippen molar-refractivity contribution in [1.82, 2.24) is 19.2 Å². The predicted molar refractivity (Wildman–Crippen MR) is 97.4 cm³/mol. The molecule has 0 aromatic carbocycles. The Labute approximate surface area is 169 Å². The lowest BCUT2D eigenvalue weighted by atomic mass is 10.1. The number of carbonyl (C=O) groups is 2. The Morgan fingerprint density at radius 3 is 2.55 bits per heavy atom. The maximum absolute atomic E-state index is 13.2. The lowest BCUT2D eigenvalue weighted by Crippen LogP contribution is -2.55. The highest BCUT2D eigenvalue weighted by atomic mass is 35.5. The van der Waals surface area contributed by atoms with Gasteiger partial charge in [0.05, 0.1) is 5.56 Å². The summed E-state index contributed by atoms with van der Waals surface area (Å²) in [7, 11) is 0. The zero-order chi connectivity index (χ0) is 20.5. The third-order valence-electron chi connectivity index (χ3n) is 6.30. The van der Waals surface area contributed by atoms with Crippen LogP contribution in [-0.2, 0) is 11.0 Å². The first-order valence-corrected chi connectivity index (χ1v) is 9.94. The average Bonchev–Trinajstić information content (AvgIpc) is 3.13. The van der Waals surface area contributed by atoms with Gasteiger partial charge in [-0.2, -0.15) is 13.2 Å². The molecule has 0 bridgehead atoms. The Morgan fingerprint density at radius 1 is 1.17 bits per heavy atom. The Balaban J connectivity index is 1.38. The predicted octanol–water partition coefficient (Wildman–Crippen LogP) is 3.09. The molecule has 0 N–H and O–H groups in total. The maximum Gasteiger partial charge on any atom is 0.419 e. The summed E-state index contributed by atoms with van der Waals surface area (Å²) in [5, 5.41) is -0.193. The van der Waals surface area contributed by atoms with Crippen LogP contribution in [0.5, 0.6) is 0 Å². The van der Waals surface area contributed by atoms with Gasteiger partial charge in [0.25, 0.3) is 5.91 Å². The van der Waals surface area contributed by atoms with Gasteiger partial charge in [0, 0.05) is 25.3 Å². The quantitative estimate of drug-likeness (QED) is 0.741. The summed E-state index contributed by atoms with van der Waals surface area (Å²) in [6.07, 6.45) is 0.0212. The second-order valence-electron chi connectivity index (χ2n) is 8.06. The van der Waals surface area contributed by atoms with E-state index in [2.05, 4.69) is 4.98 Å². The number of fused-ring (bicyclic) bond motifs is 2. The van der Waals surface area contributed by atoms with Crippen LogP contribution >= 0.6 is 11.6 Å². The Morgan fingerprint density at radius 2 is 1.90 bits per heavy atom. The molecule has 10 heteroatoms. The fourth-order valence-corrected chi connectivity index (χ4v) is 4.99. The standard InChI is InChI=1S/C19H18ClF3N4O2/c20-16-15(24-17-13(19(21,22)23)2-1-3-27(16)17)18(29)25-4-5-26(14(28)9-25)12-7-10-6-11(10)8-12/h1-3,10-12H,4-9H2/t10-,11+,12+. The molecule has 5 rings (SSSR count). The number of amides is 2. The van der Waals surface area contributed by atoms with Crippen molar-refractivity contribution in [3.8, 4) is 0 Å². The molecule has 2 aromatic rings. The van der Waals surface area contributed by atoms with Crippen molar-refractivity contribution in [2.24, 2.45) is 11.8 Å². The van der Waals surface area contributed by atoms with Crippen molar-refractivity contribution < 1.29 is 22.8 Å². The van der Waals surface area contributed by atoms with Crippen LogP contribution in [0.1, 0.15) is 35.3 Å². The minimum atomic E-state index is -4.62. The van der Waals surface area contributed by atoms with Crippen LogP contribution in [0.2, 0.25) is 5.15 Å². The first-order valence-electron chi connectivity index (χ1n) is 9.56. The Hall–Kier alpha value is -2.29. The summed E-state index contributed by atoms with van der Waals surface area (Å²) >= 11 is 6.17. The molecule has 1 aliphatic heterocycles. The van der Waals surface area contributed by atoms with E-state index in [-0.39, 0.29) is 29.3 Å². The molecular weight excluding hydrogens is 409 g/mol. The van der Waals surface area contributed by atoms with Crippen LogP contribution in [0.3, 0.4) is 0 Å². The molecule has 2 aromatic heterocycles. The number of imidazole rings is 1. The second kappa shape index (κ2) is 6.35. The van der Waals surface area contributed by atoms with Crippen molar-refractivity contribution in [2.75, 3.05) is 19.6 Å². The first kappa shape index (κ1) is 18.7. The maximum atomic E-state index is 13.2. The normalized spacial score (nSPS) is 26.9. The molecule has 0 radical (unpaired) electrons. The van der Waals surface area contributed by atoms with E-state index in [0.717, 1.165) is 35.1 Å². The number of nitrogens with zero attached hydrogens (tertiary/aromatic N) is 4. The lowest BCUT2D eigenvalue weighted by Gasteiger charge is -2.38. The van der Waals surface area contributed by atoms with Gasteiger partial charge in [0.2, 0.25) is 5.91 Å². The van der Waals surface area contributed by atoms with Crippen LogP contribution < -0.4 is 0 Å². The molecule has 3 aliphatic rings. The number of pyridine rings is 1. The van der Waals surface area contributed by atoms with E-state index in [1.165, 1.54) is 23.6 Å². The zero-order valence-electron chi connectivity index (χ0n) is 15.3. The first-order chi connectivity index (χ1) is 13.7. The zero-order valence-corrected chi connectivity index (χ0v) is 16.1. The highest BCUT2D eigenvalue weighted by molar-refractivity contribution is 6.33. The van der Waals surface area contributed by atoms with Crippen LogP contribution in [0.4, 0.5) is 13.2 Å². The van der Waals surface area contributed by atoms with Gasteiger partial charge >= 0.3 is 6.18 Å². The summed E-state index contributed by atoms with van der Waals surface area (Å²) in [6.45, 7) is 0.626. The van der Waals surface area contributed by atoms with Crippen LogP contribution in [-0.4, -0.2) is 56.7 Å². The van der Waals surface area contributed by atoms with Crippen molar-refractivity contribution in [3.63, 3.8) is 0 Å². The van der Waals surface area contributed by atoms with E-state index >= 15 is 0 Å². The molecular formula is C19H18ClF3N4O2. The molecule has 29 heavy (non-hydrogen) atoms. The minimum Gasteiger partial charge on any atom is -0.336 e. The molecule has 0 unspecified atom stereocenters. The van der Waals surface area contributed by atoms with Crippen LogP contribution in [0, 0.1) is 11.8 Å². The fourth-order valence-electron chi connectivity index (χ4n) is 4.73. The number of aromatic nitrogens is 2. The van der Waals surface area contributed by atoms with Crippen LogP contribution in [0.15, 0.2) is 18.3 Å². The summed E-state index contributed by atoms with van der Waals surface area (Å²) in [5.74, 6) is 0.722. The number of carbonyl (C=O) groups excluding carboxylic acids is 2. The molecule has 154 valence electrons. The molecule has 1 saturated heterocycles. The molecule has 3 heterocycles. The number of alkyl halides is 3. The molecule has 2 aliphatic carbocycles. The van der Waals surface area contributed by atoms with Gasteiger partial charge in [-0.15, -0.1) is 0 Å². The number of halogens is 4. The molecule has 6 nitrogen and oxygen atoms in total. The van der Waals surface area contributed by atoms with Gasteiger partial charge < -0.3 is 9.80 Å². The molecule has 2 saturated carbocycles. The highest BCUT2D eigenvalue weighted by Crippen LogP contribution is 2.53. The molecule has 3 atom stereocenters. The van der Waals surface area contributed by atoms with Gasteiger partial charge in [0.1, 0.15) is 11.7 Å². The van der Waals surface area contributed by atoms with Gasteiger partial charge in [-0.1, -0.05) is 11.6 Å². The van der Waals surface area contributed by atoms with Crippen molar-refractivity contribution in [1.29, 1.82) is 0 Å². The third-order valence-corrected chi connectivity index (χ3v) is 6.66. The number of piperazine rings is 1. The summed E-state index contributed by atoms with van der Waals surface area (Å²) in [4.78, 5) is 32.6. The van der Waals surface area contributed by atoms with E-state index < -0.39 is 23.3 Å². The number of hydrogen-bond donors (Lipinski definition) is 0. The van der Waals surface area contributed by atoms with Crippen molar-refractivity contribution in [2.45, 2.75) is 31.5 Å². The summed E-state index contributed by atoms with van der Waals surface area (Å²) in [5.41, 5.74) is -1.67. The summed E-state index contributed by atoms with van der Waals surface area (Å²) in [6, 6.07) is 2.34. The van der Waals surface area contributed by atoms with Gasteiger partial charge in [-0.3, -0.25) is 14.0 Å². The Kier molecular flexibility index (Phi) is 4.10. The van der Waals surface area contributed by atoms with E-state index in [0.29, 0.717) is 13.1 Å². The van der Waals surface area contributed by atoms with Gasteiger partial charge in [-0.05, 0) is 43.2 Å². The van der Waals surface area contributed by atoms with E-state index in [4.69, 9.17) is 11.6 Å². The SMILES string of the molecule is O=C(c1nc2c(C(F)(F)F)cccn2c1Cl)N1CCN([C@H]2C[C@H]3C[C@H]3C2)C(=O)C1.